The largest absolute Gasteiger partial charge is 0.360 e. The molecule has 0 amide bonds. The molecule has 1 aromatic heterocycles. The van der Waals surface area contributed by atoms with Crippen LogP contribution in [-0.4, -0.2) is 9.91 Å². The molecule has 0 unspecified atom stereocenters. The van der Waals surface area contributed by atoms with Crippen LogP contribution in [0.15, 0.2) is 54.0 Å². The van der Waals surface area contributed by atoms with Gasteiger partial charge in [-0.2, -0.15) is 5.26 Å². The molecular formula is C23H22N4O2S. The second kappa shape index (κ2) is 9.33. The van der Waals surface area contributed by atoms with E-state index >= 15 is 0 Å². The molecule has 152 valence electrons. The smallest absolute Gasteiger partial charge is 0.269 e. The fraction of sp³-hybridized carbons (Fsp3) is 0.217. The van der Waals surface area contributed by atoms with Crippen LogP contribution in [0.1, 0.15) is 30.0 Å². The zero-order valence-corrected chi connectivity index (χ0v) is 17.9. The van der Waals surface area contributed by atoms with Crippen molar-refractivity contribution in [2.45, 2.75) is 27.2 Å². The number of nitrogens with one attached hydrogen (secondary N) is 1. The number of rotatable bonds is 7. The van der Waals surface area contributed by atoms with Crippen LogP contribution < -0.4 is 5.32 Å². The van der Waals surface area contributed by atoms with E-state index in [0.717, 1.165) is 23.2 Å². The molecule has 0 saturated carbocycles. The summed E-state index contributed by atoms with van der Waals surface area (Å²) in [5, 5.41) is 26.1. The van der Waals surface area contributed by atoms with Crippen molar-refractivity contribution in [3.63, 3.8) is 0 Å². The minimum atomic E-state index is -0.431. The van der Waals surface area contributed by atoms with Crippen molar-refractivity contribution in [2.75, 3.05) is 5.32 Å². The lowest BCUT2D eigenvalue weighted by Gasteiger charge is -2.06. The van der Waals surface area contributed by atoms with Crippen molar-refractivity contribution < 1.29 is 4.92 Å². The van der Waals surface area contributed by atoms with Gasteiger partial charge in [-0.15, -0.1) is 11.3 Å². The van der Waals surface area contributed by atoms with Gasteiger partial charge in [0.15, 0.2) is 0 Å². The van der Waals surface area contributed by atoms with Gasteiger partial charge in [0, 0.05) is 35.0 Å². The minimum Gasteiger partial charge on any atom is -0.360 e. The Morgan fingerprint density at radius 2 is 2.03 bits per heavy atom. The average Bonchev–Trinajstić information content (AvgIpc) is 3.19. The van der Waals surface area contributed by atoms with Gasteiger partial charge < -0.3 is 5.32 Å². The third kappa shape index (κ3) is 5.10. The molecule has 0 fully saturated rings. The van der Waals surface area contributed by atoms with E-state index in [2.05, 4.69) is 54.5 Å². The summed E-state index contributed by atoms with van der Waals surface area (Å²) in [5.74, 6) is 0.608. The monoisotopic (exact) mass is 418 g/mol. The summed E-state index contributed by atoms with van der Waals surface area (Å²) < 4.78 is 0. The van der Waals surface area contributed by atoms with E-state index in [1.54, 1.807) is 19.2 Å². The zero-order chi connectivity index (χ0) is 21.7. The normalized spacial score (nSPS) is 11.4. The number of non-ortho nitro benzene ring substituents is 1. The van der Waals surface area contributed by atoms with Gasteiger partial charge in [0.1, 0.15) is 16.6 Å². The third-order valence-corrected chi connectivity index (χ3v) is 5.42. The number of hydrogen-bond acceptors (Lipinski definition) is 6. The maximum Gasteiger partial charge on any atom is 0.269 e. The number of nitriles is 1. The zero-order valence-electron chi connectivity index (χ0n) is 17.0. The molecule has 0 saturated heterocycles. The first kappa shape index (κ1) is 21.2. The number of allylic oxidation sites excluding steroid dienone is 1. The van der Waals surface area contributed by atoms with E-state index in [9.17, 15) is 15.4 Å². The van der Waals surface area contributed by atoms with E-state index in [0.29, 0.717) is 22.2 Å². The van der Waals surface area contributed by atoms with Crippen molar-refractivity contribution in [2.24, 2.45) is 5.92 Å². The number of nitrogens with zero attached hydrogens (tertiary/aromatic N) is 3. The van der Waals surface area contributed by atoms with E-state index in [1.165, 1.54) is 29.0 Å². The van der Waals surface area contributed by atoms with Crippen LogP contribution in [0.4, 0.5) is 11.4 Å². The third-order valence-electron chi connectivity index (χ3n) is 4.54. The van der Waals surface area contributed by atoms with E-state index in [-0.39, 0.29) is 5.69 Å². The predicted octanol–water partition coefficient (Wildman–Crippen LogP) is 6.20. The number of hydrogen-bond donors (Lipinski definition) is 1. The van der Waals surface area contributed by atoms with Gasteiger partial charge in [0.05, 0.1) is 10.6 Å². The Morgan fingerprint density at radius 1 is 1.30 bits per heavy atom. The fourth-order valence-corrected chi connectivity index (χ4v) is 3.82. The molecule has 7 heteroatoms. The molecular weight excluding hydrogens is 396 g/mol. The van der Waals surface area contributed by atoms with Crippen LogP contribution in [-0.2, 0) is 6.42 Å². The maximum atomic E-state index is 10.9. The standard InChI is InChI=1S/C23H22N4O2S/c1-15(2)10-17-4-6-18(7-5-17)22-14-30-23(26-22)19(12-24)13-25-21-9-8-20(27(28)29)11-16(21)3/h4-9,11,13-15,25H,10H2,1-3H3. The van der Waals surface area contributed by atoms with Gasteiger partial charge in [-0.25, -0.2) is 4.98 Å². The summed E-state index contributed by atoms with van der Waals surface area (Å²) >= 11 is 1.41. The van der Waals surface area contributed by atoms with E-state index in [4.69, 9.17) is 0 Å². The molecule has 3 aromatic rings. The van der Waals surface area contributed by atoms with Crippen molar-refractivity contribution >= 4 is 28.3 Å². The Bertz CT molecular complexity index is 1120. The number of benzene rings is 2. The van der Waals surface area contributed by atoms with Crippen molar-refractivity contribution in [3.8, 4) is 17.3 Å². The molecule has 6 nitrogen and oxygen atoms in total. The minimum absolute atomic E-state index is 0.0338. The van der Waals surface area contributed by atoms with Crippen LogP contribution in [0.5, 0.6) is 0 Å². The van der Waals surface area contributed by atoms with E-state index in [1.807, 2.05) is 5.38 Å². The molecule has 1 N–H and O–H groups in total. The summed E-state index contributed by atoms with van der Waals surface area (Å²) in [5.41, 5.74) is 5.00. The van der Waals surface area contributed by atoms with Gasteiger partial charge >= 0.3 is 0 Å². The highest BCUT2D eigenvalue weighted by Gasteiger charge is 2.11. The van der Waals surface area contributed by atoms with Crippen molar-refractivity contribution in [1.82, 2.24) is 4.98 Å². The van der Waals surface area contributed by atoms with E-state index < -0.39 is 4.92 Å². The molecule has 0 bridgehead atoms. The number of nitro groups is 1. The Balaban J connectivity index is 1.77. The Morgan fingerprint density at radius 3 is 2.63 bits per heavy atom. The first-order valence-electron chi connectivity index (χ1n) is 9.54. The summed E-state index contributed by atoms with van der Waals surface area (Å²) in [7, 11) is 0. The van der Waals surface area contributed by atoms with Crippen LogP contribution in [0.2, 0.25) is 0 Å². The highest BCUT2D eigenvalue weighted by Crippen LogP contribution is 2.27. The predicted molar refractivity (Wildman–Crippen MR) is 121 cm³/mol. The molecule has 0 radical (unpaired) electrons. The quantitative estimate of drug-likeness (QED) is 0.280. The molecule has 0 spiro atoms. The molecule has 1 heterocycles. The van der Waals surface area contributed by atoms with Crippen molar-refractivity contribution in [3.05, 3.63) is 80.3 Å². The lowest BCUT2D eigenvalue weighted by Crippen LogP contribution is -1.95. The van der Waals surface area contributed by atoms with Gasteiger partial charge in [-0.3, -0.25) is 10.1 Å². The van der Waals surface area contributed by atoms with Gasteiger partial charge in [0.25, 0.3) is 5.69 Å². The average molecular weight is 419 g/mol. The first-order chi connectivity index (χ1) is 14.4. The number of thiazole rings is 1. The summed E-state index contributed by atoms with van der Waals surface area (Å²) in [6.45, 7) is 6.17. The first-order valence-corrected chi connectivity index (χ1v) is 10.4. The summed E-state index contributed by atoms with van der Waals surface area (Å²) in [6.07, 6.45) is 2.63. The molecule has 0 aliphatic heterocycles. The van der Waals surface area contributed by atoms with Crippen LogP contribution in [0.25, 0.3) is 16.8 Å². The van der Waals surface area contributed by atoms with Crippen LogP contribution in [0.3, 0.4) is 0 Å². The van der Waals surface area contributed by atoms with Gasteiger partial charge in [0.2, 0.25) is 0 Å². The molecule has 30 heavy (non-hydrogen) atoms. The summed E-state index contributed by atoms with van der Waals surface area (Å²) in [4.78, 5) is 15.1. The number of aromatic nitrogens is 1. The molecule has 2 aromatic carbocycles. The number of aryl methyl sites for hydroxylation is 1. The molecule has 0 aliphatic carbocycles. The Hall–Kier alpha value is -3.50. The summed E-state index contributed by atoms with van der Waals surface area (Å²) in [6, 6.07) is 15.1. The highest BCUT2D eigenvalue weighted by atomic mass is 32.1. The lowest BCUT2D eigenvalue weighted by molar-refractivity contribution is -0.384. The number of nitro benzene ring substituents is 1. The fourth-order valence-electron chi connectivity index (χ4n) is 3.03. The highest BCUT2D eigenvalue weighted by molar-refractivity contribution is 7.11. The molecule has 0 atom stereocenters. The maximum absolute atomic E-state index is 10.9. The number of anilines is 1. The van der Waals surface area contributed by atoms with Crippen LogP contribution in [0, 0.1) is 34.3 Å². The molecule has 0 aliphatic rings. The van der Waals surface area contributed by atoms with Gasteiger partial charge in [-0.1, -0.05) is 38.1 Å². The Labute approximate surface area is 179 Å². The second-order valence-electron chi connectivity index (χ2n) is 7.40. The van der Waals surface area contributed by atoms with Crippen LogP contribution >= 0.6 is 11.3 Å². The van der Waals surface area contributed by atoms with Gasteiger partial charge in [-0.05, 0) is 36.5 Å². The lowest BCUT2D eigenvalue weighted by atomic mass is 10.0. The second-order valence-corrected chi connectivity index (χ2v) is 8.26. The SMILES string of the molecule is Cc1cc([N+](=O)[O-])ccc1NC=C(C#N)c1nc(-c2ccc(CC(C)C)cc2)cs1. The molecule has 3 rings (SSSR count). The Kier molecular flexibility index (Phi) is 6.60. The van der Waals surface area contributed by atoms with Crippen molar-refractivity contribution in [1.29, 1.82) is 5.26 Å². The topological polar surface area (TPSA) is 91.9 Å².